The number of aromatic nitrogens is 2. The topological polar surface area (TPSA) is 81.6 Å². The van der Waals surface area contributed by atoms with Gasteiger partial charge < -0.3 is 14.4 Å². The van der Waals surface area contributed by atoms with Crippen molar-refractivity contribution in [1.29, 1.82) is 0 Å². The number of carbonyl (C=O) groups is 2. The van der Waals surface area contributed by atoms with Crippen LogP contribution < -0.4 is 4.74 Å². The van der Waals surface area contributed by atoms with Crippen molar-refractivity contribution in [3.63, 3.8) is 0 Å². The first-order valence-corrected chi connectivity index (χ1v) is 11.4. The first kappa shape index (κ1) is 22.4. The molecule has 3 aromatic rings. The Morgan fingerprint density at radius 3 is 2.62 bits per heavy atom. The molecular formula is C23H22ClN3O4S. The summed E-state index contributed by atoms with van der Waals surface area (Å²) in [6, 6.07) is 14.8. The average Bonchev–Trinajstić information content (AvgIpc) is 3.32. The fourth-order valence-electron chi connectivity index (χ4n) is 3.69. The fraction of sp³-hybridized carbons (Fsp3) is 0.304. The van der Waals surface area contributed by atoms with Crippen LogP contribution in [0.4, 0.5) is 0 Å². The molecule has 9 heteroatoms. The Kier molecular flexibility index (Phi) is 6.81. The first-order chi connectivity index (χ1) is 15.5. The minimum Gasteiger partial charge on any atom is -0.479 e. The zero-order valence-corrected chi connectivity index (χ0v) is 19.2. The Morgan fingerprint density at radius 1 is 1.12 bits per heavy atom. The molecule has 0 bridgehead atoms. The number of hydrogen-bond acceptors (Lipinski definition) is 7. The van der Waals surface area contributed by atoms with Gasteiger partial charge in [-0.15, -0.1) is 0 Å². The number of esters is 1. The van der Waals surface area contributed by atoms with Gasteiger partial charge in [0.1, 0.15) is 5.25 Å². The van der Waals surface area contributed by atoms with E-state index in [1.165, 1.54) is 26.0 Å². The van der Waals surface area contributed by atoms with Crippen molar-refractivity contribution >= 4 is 46.3 Å². The number of hydrogen-bond donors (Lipinski definition) is 0. The van der Waals surface area contributed by atoms with Crippen LogP contribution in [0.5, 0.6) is 5.88 Å². The highest BCUT2D eigenvalue weighted by Crippen LogP contribution is 2.41. The van der Waals surface area contributed by atoms with Crippen molar-refractivity contribution in [3.05, 3.63) is 59.1 Å². The fourth-order valence-corrected chi connectivity index (χ4v) is 5.00. The molecule has 32 heavy (non-hydrogen) atoms. The molecule has 0 saturated carbocycles. The van der Waals surface area contributed by atoms with E-state index in [2.05, 4.69) is 9.97 Å². The molecule has 2 atom stereocenters. The molecule has 0 spiro atoms. The smallest absolute Gasteiger partial charge is 0.310 e. The molecule has 1 saturated heterocycles. The second-order valence-corrected chi connectivity index (χ2v) is 8.90. The van der Waals surface area contributed by atoms with Gasteiger partial charge in [0.2, 0.25) is 11.8 Å². The van der Waals surface area contributed by atoms with E-state index in [9.17, 15) is 9.59 Å². The molecule has 1 aliphatic rings. The summed E-state index contributed by atoms with van der Waals surface area (Å²) in [6.07, 6.45) is 0.588. The molecule has 4 rings (SSSR count). The number of amides is 1. The number of ether oxygens (including phenoxy) is 2. The van der Waals surface area contributed by atoms with Crippen LogP contribution in [0, 0.1) is 5.92 Å². The lowest BCUT2D eigenvalue weighted by Crippen LogP contribution is -2.33. The maximum atomic E-state index is 13.6. The summed E-state index contributed by atoms with van der Waals surface area (Å²) in [6.45, 7) is 0.843. The van der Waals surface area contributed by atoms with Gasteiger partial charge in [0.25, 0.3) is 0 Å². The summed E-state index contributed by atoms with van der Waals surface area (Å²) in [4.78, 5) is 36.4. The lowest BCUT2D eigenvalue weighted by atomic mass is 10.1. The van der Waals surface area contributed by atoms with Crippen LogP contribution in [0.1, 0.15) is 17.2 Å². The quantitative estimate of drug-likeness (QED) is 0.394. The second-order valence-electron chi connectivity index (χ2n) is 7.37. The molecule has 0 N–H and O–H groups in total. The molecule has 166 valence electrons. The highest BCUT2D eigenvalue weighted by Gasteiger charge is 2.36. The highest BCUT2D eigenvalue weighted by molar-refractivity contribution is 8.00. The first-order valence-electron chi connectivity index (χ1n) is 10.1. The van der Waals surface area contributed by atoms with Crippen molar-refractivity contribution in [2.45, 2.75) is 16.7 Å². The van der Waals surface area contributed by atoms with Crippen LogP contribution in [-0.2, 0) is 14.3 Å². The molecule has 1 unspecified atom stereocenters. The van der Waals surface area contributed by atoms with Crippen LogP contribution in [0.25, 0.3) is 11.0 Å². The van der Waals surface area contributed by atoms with Crippen molar-refractivity contribution in [1.82, 2.24) is 14.9 Å². The molecule has 7 nitrogen and oxygen atoms in total. The lowest BCUT2D eigenvalue weighted by Gasteiger charge is -2.23. The summed E-state index contributed by atoms with van der Waals surface area (Å²) in [7, 11) is 2.89. The van der Waals surface area contributed by atoms with E-state index in [1.807, 2.05) is 30.3 Å². The highest BCUT2D eigenvalue weighted by atomic mass is 35.5. The largest absolute Gasteiger partial charge is 0.479 e. The summed E-state index contributed by atoms with van der Waals surface area (Å²) in [5.74, 6) is -0.352. The van der Waals surface area contributed by atoms with Crippen LogP contribution in [-0.4, -0.2) is 54.1 Å². The molecule has 1 fully saturated rings. The Bertz CT molecular complexity index is 1140. The SMILES string of the molecule is COC(=O)[C@H]1CCN(C(=O)C(Sc2nc3ccc(Cl)cc3nc2OC)c2ccccc2)C1. The molecule has 0 radical (unpaired) electrons. The number of halogens is 1. The van der Waals surface area contributed by atoms with Gasteiger partial charge in [-0.3, -0.25) is 9.59 Å². The van der Waals surface area contributed by atoms with E-state index in [0.717, 1.165) is 5.56 Å². The van der Waals surface area contributed by atoms with E-state index < -0.39 is 5.25 Å². The van der Waals surface area contributed by atoms with Crippen LogP contribution in [0.3, 0.4) is 0 Å². The third-order valence-corrected chi connectivity index (χ3v) is 6.78. The third-order valence-electron chi connectivity index (χ3n) is 5.35. The van der Waals surface area contributed by atoms with Gasteiger partial charge in [-0.25, -0.2) is 9.97 Å². The number of carbonyl (C=O) groups excluding carboxylic acids is 2. The molecule has 2 aromatic carbocycles. The third kappa shape index (κ3) is 4.66. The number of nitrogens with zero attached hydrogens (tertiary/aromatic N) is 3. The van der Waals surface area contributed by atoms with E-state index in [-0.39, 0.29) is 17.8 Å². The molecular weight excluding hydrogens is 450 g/mol. The lowest BCUT2D eigenvalue weighted by molar-refractivity contribution is -0.145. The predicted octanol–water partition coefficient (Wildman–Crippen LogP) is 4.15. The van der Waals surface area contributed by atoms with Crippen molar-refractivity contribution in [3.8, 4) is 5.88 Å². The normalized spacial score (nSPS) is 16.7. The summed E-state index contributed by atoms with van der Waals surface area (Å²) < 4.78 is 10.3. The van der Waals surface area contributed by atoms with Crippen molar-refractivity contribution < 1.29 is 19.1 Å². The van der Waals surface area contributed by atoms with Crippen molar-refractivity contribution in [2.24, 2.45) is 5.92 Å². The number of rotatable bonds is 6. The summed E-state index contributed by atoms with van der Waals surface area (Å²) >= 11 is 7.36. The maximum Gasteiger partial charge on any atom is 0.310 e. The Morgan fingerprint density at radius 2 is 1.91 bits per heavy atom. The Balaban J connectivity index is 1.67. The average molecular weight is 472 g/mol. The van der Waals surface area contributed by atoms with Crippen LogP contribution in [0.2, 0.25) is 5.02 Å². The minimum absolute atomic E-state index is 0.0901. The van der Waals surface area contributed by atoms with Gasteiger partial charge in [0, 0.05) is 18.1 Å². The van der Waals surface area contributed by atoms with Gasteiger partial charge in [-0.1, -0.05) is 53.7 Å². The van der Waals surface area contributed by atoms with Gasteiger partial charge in [-0.2, -0.15) is 0 Å². The predicted molar refractivity (Wildman–Crippen MR) is 123 cm³/mol. The zero-order valence-electron chi connectivity index (χ0n) is 17.7. The van der Waals surface area contributed by atoms with Crippen LogP contribution in [0.15, 0.2) is 53.6 Å². The molecule has 2 heterocycles. The number of likely N-dealkylation sites (tertiary alicyclic amines) is 1. The summed E-state index contributed by atoms with van der Waals surface area (Å²) in [5.41, 5.74) is 2.11. The van der Waals surface area contributed by atoms with Gasteiger partial charge in [0.05, 0.1) is 31.2 Å². The number of thioether (sulfide) groups is 1. The molecule has 1 aliphatic heterocycles. The number of fused-ring (bicyclic) bond motifs is 1. The monoisotopic (exact) mass is 471 g/mol. The van der Waals surface area contributed by atoms with E-state index in [4.69, 9.17) is 21.1 Å². The molecule has 0 aliphatic carbocycles. The number of methoxy groups -OCH3 is 2. The minimum atomic E-state index is -0.569. The van der Waals surface area contributed by atoms with E-state index >= 15 is 0 Å². The maximum absolute atomic E-state index is 13.6. The zero-order chi connectivity index (χ0) is 22.7. The molecule has 1 aromatic heterocycles. The molecule has 1 amide bonds. The second kappa shape index (κ2) is 9.75. The standard InChI is InChI=1S/C23H22ClN3O4S/c1-30-20-21(26-17-9-8-16(24)12-18(17)25-20)32-19(14-6-4-3-5-7-14)22(28)27-11-10-15(13-27)23(29)31-2/h3-9,12,15,19H,10-11,13H2,1-2H3/t15-,19?/m0/s1. The van der Waals surface area contributed by atoms with E-state index in [1.54, 1.807) is 23.1 Å². The number of benzene rings is 2. The Hall–Kier alpha value is -2.84. The van der Waals surface area contributed by atoms with Gasteiger partial charge in [0.15, 0.2) is 5.03 Å². The Labute approximate surface area is 195 Å². The van der Waals surface area contributed by atoms with Gasteiger partial charge in [-0.05, 0) is 30.2 Å². The van der Waals surface area contributed by atoms with Crippen molar-refractivity contribution in [2.75, 3.05) is 27.3 Å². The van der Waals surface area contributed by atoms with Crippen LogP contribution >= 0.6 is 23.4 Å². The summed E-state index contributed by atoms with van der Waals surface area (Å²) in [5, 5.41) is 0.495. The van der Waals surface area contributed by atoms with E-state index in [0.29, 0.717) is 46.5 Å². The van der Waals surface area contributed by atoms with Gasteiger partial charge >= 0.3 is 5.97 Å².